The highest BCUT2D eigenvalue weighted by molar-refractivity contribution is 5.87. The zero-order chi connectivity index (χ0) is 11.5. The quantitative estimate of drug-likeness (QED) is 0.768. The van der Waals surface area contributed by atoms with E-state index in [1.807, 2.05) is 0 Å². The molecule has 80 valence electrons. The number of hydrogen-bond donors (Lipinski definition) is 1. The fourth-order valence-electron chi connectivity index (χ4n) is 1.17. The minimum Gasteiger partial charge on any atom is -0.478 e. The number of rotatable bonds is 3. The van der Waals surface area contributed by atoms with Crippen LogP contribution < -0.4 is 0 Å². The molecule has 0 radical (unpaired) electrons. The van der Waals surface area contributed by atoms with Crippen LogP contribution in [0.5, 0.6) is 0 Å². The summed E-state index contributed by atoms with van der Waals surface area (Å²) in [5, 5.41) is 12.6. The molecule has 1 N–H and O–H groups in total. The lowest BCUT2D eigenvalue weighted by Crippen LogP contribution is -2.01. The molecular weight excluding hydrogens is 210 g/mol. The van der Waals surface area contributed by atoms with Crippen LogP contribution in [-0.4, -0.2) is 32.1 Å². The Hall–Kier alpha value is -2.50. The van der Waals surface area contributed by atoms with Crippen LogP contribution in [0.4, 0.5) is 0 Å². The van der Waals surface area contributed by atoms with E-state index in [0.29, 0.717) is 17.7 Å². The third-order valence-corrected chi connectivity index (χ3v) is 1.97. The van der Waals surface area contributed by atoms with Crippen molar-refractivity contribution < 1.29 is 14.7 Å². The summed E-state index contributed by atoms with van der Waals surface area (Å²) in [7, 11) is 0. The van der Waals surface area contributed by atoms with Crippen molar-refractivity contribution in [2.24, 2.45) is 0 Å². The van der Waals surface area contributed by atoms with Gasteiger partial charge in [-0.2, -0.15) is 5.10 Å². The minimum absolute atomic E-state index is 0.103. The average molecular weight is 217 g/mol. The number of nitrogens with zero attached hydrogens (tertiary/aromatic N) is 3. The standard InChI is InChI=1S/C10H7N3O3/c14-6-7-3-12-13(5-7)9-2-1-8(4-11-9)10(15)16/h1-6H,(H,15,16). The van der Waals surface area contributed by atoms with Crippen LogP contribution in [0.3, 0.4) is 0 Å². The van der Waals surface area contributed by atoms with Gasteiger partial charge in [0.25, 0.3) is 0 Å². The summed E-state index contributed by atoms with van der Waals surface area (Å²) in [6.45, 7) is 0. The van der Waals surface area contributed by atoms with Crippen molar-refractivity contribution in [3.05, 3.63) is 41.9 Å². The highest BCUT2D eigenvalue weighted by Crippen LogP contribution is 2.06. The highest BCUT2D eigenvalue weighted by atomic mass is 16.4. The van der Waals surface area contributed by atoms with E-state index >= 15 is 0 Å². The van der Waals surface area contributed by atoms with Crippen molar-refractivity contribution in [1.82, 2.24) is 14.8 Å². The van der Waals surface area contributed by atoms with Gasteiger partial charge >= 0.3 is 5.97 Å². The van der Waals surface area contributed by atoms with E-state index < -0.39 is 5.97 Å². The average Bonchev–Trinajstić information content (AvgIpc) is 2.77. The minimum atomic E-state index is -1.03. The molecule has 2 rings (SSSR count). The number of aromatic nitrogens is 3. The van der Waals surface area contributed by atoms with Gasteiger partial charge in [-0.25, -0.2) is 14.5 Å². The first-order valence-electron chi connectivity index (χ1n) is 4.40. The van der Waals surface area contributed by atoms with Gasteiger partial charge in [-0.15, -0.1) is 0 Å². The number of hydrogen-bond acceptors (Lipinski definition) is 4. The zero-order valence-electron chi connectivity index (χ0n) is 8.07. The molecule has 6 heteroatoms. The van der Waals surface area contributed by atoms with Crippen molar-refractivity contribution in [2.45, 2.75) is 0 Å². The summed E-state index contributed by atoms with van der Waals surface area (Å²) >= 11 is 0. The summed E-state index contributed by atoms with van der Waals surface area (Å²) in [5.41, 5.74) is 0.538. The highest BCUT2D eigenvalue weighted by Gasteiger charge is 2.05. The first-order valence-corrected chi connectivity index (χ1v) is 4.40. The Labute approximate surface area is 90.2 Å². The molecule has 2 aromatic heterocycles. The van der Waals surface area contributed by atoms with E-state index in [4.69, 9.17) is 5.11 Å². The van der Waals surface area contributed by atoms with E-state index in [2.05, 4.69) is 10.1 Å². The second-order valence-corrected chi connectivity index (χ2v) is 3.05. The number of carboxylic acids is 1. The molecule has 6 nitrogen and oxygen atoms in total. The SMILES string of the molecule is O=Cc1cnn(-c2ccc(C(=O)O)cn2)c1. The lowest BCUT2D eigenvalue weighted by Gasteiger charge is -1.99. The predicted octanol–water partition coefficient (Wildman–Crippen LogP) is 0.778. The summed E-state index contributed by atoms with van der Waals surface area (Å²) in [6, 6.07) is 2.94. The van der Waals surface area contributed by atoms with Crippen LogP contribution in [-0.2, 0) is 0 Å². The Kier molecular flexibility index (Phi) is 2.47. The number of aromatic carboxylic acids is 1. The number of pyridine rings is 1. The van der Waals surface area contributed by atoms with E-state index in [9.17, 15) is 9.59 Å². The Morgan fingerprint density at radius 1 is 1.38 bits per heavy atom. The van der Waals surface area contributed by atoms with Gasteiger partial charge in [-0.3, -0.25) is 4.79 Å². The summed E-state index contributed by atoms with van der Waals surface area (Å²) < 4.78 is 1.40. The van der Waals surface area contributed by atoms with E-state index in [0.717, 1.165) is 0 Å². The van der Waals surface area contributed by atoms with Crippen molar-refractivity contribution >= 4 is 12.3 Å². The number of carbonyl (C=O) groups is 2. The Bertz CT molecular complexity index is 530. The largest absolute Gasteiger partial charge is 0.478 e. The fourth-order valence-corrected chi connectivity index (χ4v) is 1.17. The molecule has 0 saturated carbocycles. The molecular formula is C10H7N3O3. The van der Waals surface area contributed by atoms with Gasteiger partial charge in [0.2, 0.25) is 0 Å². The van der Waals surface area contributed by atoms with Crippen LogP contribution in [0.2, 0.25) is 0 Å². The maximum Gasteiger partial charge on any atom is 0.337 e. The van der Waals surface area contributed by atoms with Crippen LogP contribution in [0, 0.1) is 0 Å². The smallest absolute Gasteiger partial charge is 0.337 e. The topological polar surface area (TPSA) is 85.1 Å². The van der Waals surface area contributed by atoms with Crippen LogP contribution >= 0.6 is 0 Å². The van der Waals surface area contributed by atoms with Crippen LogP contribution in [0.25, 0.3) is 5.82 Å². The maximum absolute atomic E-state index is 10.6. The van der Waals surface area contributed by atoms with Gasteiger partial charge in [0.15, 0.2) is 12.1 Å². The van der Waals surface area contributed by atoms with Gasteiger partial charge in [-0.1, -0.05) is 0 Å². The molecule has 0 unspecified atom stereocenters. The lowest BCUT2D eigenvalue weighted by molar-refractivity contribution is 0.0696. The third kappa shape index (κ3) is 1.81. The Morgan fingerprint density at radius 2 is 2.19 bits per heavy atom. The Morgan fingerprint density at radius 3 is 2.69 bits per heavy atom. The van der Waals surface area contributed by atoms with Crippen LogP contribution in [0.1, 0.15) is 20.7 Å². The van der Waals surface area contributed by atoms with E-state index in [-0.39, 0.29) is 5.56 Å². The monoisotopic (exact) mass is 217 g/mol. The van der Waals surface area contributed by atoms with Gasteiger partial charge in [0.05, 0.1) is 17.3 Å². The lowest BCUT2D eigenvalue weighted by atomic mass is 10.3. The maximum atomic E-state index is 10.6. The molecule has 0 fully saturated rings. The Balaban J connectivity index is 2.34. The molecule has 16 heavy (non-hydrogen) atoms. The molecule has 0 aliphatic carbocycles. The molecule has 0 atom stereocenters. The van der Waals surface area contributed by atoms with Crippen molar-refractivity contribution in [3.63, 3.8) is 0 Å². The van der Waals surface area contributed by atoms with Gasteiger partial charge < -0.3 is 5.11 Å². The normalized spacial score (nSPS) is 10.0. The number of carboxylic acid groups (broad SMARTS) is 1. The predicted molar refractivity (Wildman–Crippen MR) is 53.7 cm³/mol. The molecule has 0 aromatic carbocycles. The molecule has 0 aliphatic heterocycles. The summed E-state index contributed by atoms with van der Waals surface area (Å²) in [4.78, 5) is 25.0. The van der Waals surface area contributed by atoms with Crippen molar-refractivity contribution in [2.75, 3.05) is 0 Å². The third-order valence-electron chi connectivity index (χ3n) is 1.97. The first-order chi connectivity index (χ1) is 7.70. The molecule has 0 amide bonds. The van der Waals surface area contributed by atoms with Gasteiger partial charge in [-0.05, 0) is 12.1 Å². The molecule has 0 spiro atoms. The van der Waals surface area contributed by atoms with Crippen LogP contribution in [0.15, 0.2) is 30.7 Å². The molecule has 2 heterocycles. The van der Waals surface area contributed by atoms with Crippen molar-refractivity contribution in [1.29, 1.82) is 0 Å². The molecule has 0 bridgehead atoms. The molecule has 2 aromatic rings. The molecule has 0 saturated heterocycles. The number of aldehydes is 1. The second kappa shape index (κ2) is 3.93. The first kappa shape index (κ1) is 10.0. The van der Waals surface area contributed by atoms with E-state index in [1.165, 1.54) is 35.4 Å². The zero-order valence-corrected chi connectivity index (χ0v) is 8.07. The van der Waals surface area contributed by atoms with Gasteiger partial charge in [0, 0.05) is 12.4 Å². The van der Waals surface area contributed by atoms with Gasteiger partial charge in [0.1, 0.15) is 0 Å². The van der Waals surface area contributed by atoms with Crippen molar-refractivity contribution in [3.8, 4) is 5.82 Å². The molecule has 0 aliphatic rings. The van der Waals surface area contributed by atoms with E-state index in [1.54, 1.807) is 0 Å². The fraction of sp³-hybridized carbons (Fsp3) is 0. The summed E-state index contributed by atoms with van der Waals surface area (Å²) in [6.07, 6.45) is 4.82. The number of carbonyl (C=O) groups excluding carboxylic acids is 1. The summed E-state index contributed by atoms with van der Waals surface area (Å²) in [5.74, 6) is -0.578. The second-order valence-electron chi connectivity index (χ2n) is 3.05.